The number of ether oxygens (including phenoxy) is 1. The summed E-state index contributed by atoms with van der Waals surface area (Å²) in [6.45, 7) is 6.40. The Morgan fingerprint density at radius 1 is 0.392 bits per heavy atom. The minimum absolute atomic E-state index is 0.0342. The van der Waals surface area contributed by atoms with Gasteiger partial charge in [0.1, 0.15) is 21.9 Å². The Bertz CT molecular complexity index is 1770. The molecule has 0 spiro atoms. The molecule has 1 aliphatic heterocycles. The van der Waals surface area contributed by atoms with Crippen LogP contribution in [0.4, 0.5) is 0 Å². The number of epoxide rings is 1. The van der Waals surface area contributed by atoms with Crippen molar-refractivity contribution in [3.8, 4) is 0 Å². The third kappa shape index (κ3) is 45.0. The molecule has 0 bridgehead atoms. The van der Waals surface area contributed by atoms with Crippen LogP contribution in [0, 0.1) is 0 Å². The molecule has 0 aromatic carbocycles. The average molecular weight is 1200 g/mol. The minimum atomic E-state index is -4.46. The first-order valence-corrected chi connectivity index (χ1v) is 34.1. The number of unbranched alkanes of at least 4 members (excludes halogenated alkanes) is 25. The van der Waals surface area contributed by atoms with Gasteiger partial charge in [-0.25, -0.2) is 14.4 Å². The van der Waals surface area contributed by atoms with Crippen LogP contribution in [0.2, 0.25) is 0 Å². The highest BCUT2D eigenvalue weighted by Crippen LogP contribution is 2.35. The smallest absolute Gasteiger partial charge is 0.342 e. The maximum Gasteiger partial charge on any atom is 0.342 e. The summed E-state index contributed by atoms with van der Waals surface area (Å²) in [6.07, 6.45) is 26.1. The van der Waals surface area contributed by atoms with Gasteiger partial charge < -0.3 is 34.7 Å². The predicted molar refractivity (Wildman–Crippen MR) is 301 cm³/mol. The van der Waals surface area contributed by atoms with E-state index in [-0.39, 0.29) is 44.3 Å². The molecular formula is C54H106O22S3. The van der Waals surface area contributed by atoms with Crippen molar-refractivity contribution in [2.24, 2.45) is 0 Å². The van der Waals surface area contributed by atoms with Crippen molar-refractivity contribution in [1.29, 1.82) is 0 Å². The molecule has 79 heavy (non-hydrogen) atoms. The minimum Gasteiger partial charge on any atom is -0.392 e. The van der Waals surface area contributed by atoms with Crippen LogP contribution >= 0.6 is 0 Å². The first-order valence-electron chi connectivity index (χ1n) is 29.6. The number of aliphatic hydroxyl groups excluding tert-OH is 3. The molecule has 1 saturated heterocycles. The summed E-state index contributed by atoms with van der Waals surface area (Å²) in [5.74, 6) is -1.98. The van der Waals surface area contributed by atoms with Crippen LogP contribution in [0.25, 0.3) is 0 Å². The van der Waals surface area contributed by atoms with Gasteiger partial charge in [0.25, 0.3) is 30.4 Å². The van der Waals surface area contributed by atoms with Crippen LogP contribution < -0.4 is 0 Å². The highest BCUT2D eigenvalue weighted by atomic mass is 32.2. The second kappa shape index (κ2) is 49.3. The van der Waals surface area contributed by atoms with Crippen molar-refractivity contribution in [1.82, 2.24) is 0 Å². The predicted octanol–water partition coefficient (Wildman–Crippen LogP) is 11.3. The van der Waals surface area contributed by atoms with Crippen LogP contribution in [0.15, 0.2) is 0 Å². The van der Waals surface area contributed by atoms with Gasteiger partial charge in [0.05, 0.1) is 24.4 Å². The lowest BCUT2D eigenvalue weighted by Crippen LogP contribution is -2.42. The molecule has 1 aliphatic rings. The average Bonchev–Trinajstić information content (AvgIpc) is 4.21. The van der Waals surface area contributed by atoms with Crippen molar-refractivity contribution in [3.05, 3.63) is 0 Å². The van der Waals surface area contributed by atoms with E-state index in [2.05, 4.69) is 35.4 Å². The molecule has 22 nitrogen and oxygen atoms in total. The highest BCUT2D eigenvalue weighted by Gasteiger charge is 2.49. The van der Waals surface area contributed by atoms with Gasteiger partial charge in [0.2, 0.25) is 0 Å². The summed E-state index contributed by atoms with van der Waals surface area (Å²) in [5, 5.41) is 51.5. The number of carbonyl (C=O) groups is 3. The first-order chi connectivity index (χ1) is 37.5. The molecule has 8 unspecified atom stereocenters. The van der Waals surface area contributed by atoms with Crippen molar-refractivity contribution >= 4 is 48.3 Å². The van der Waals surface area contributed by atoms with Crippen LogP contribution in [0.1, 0.15) is 278 Å². The molecule has 0 radical (unpaired) electrons. The molecule has 25 heteroatoms. The Hall–Kier alpha value is -2.14. The number of aliphatic hydroxyl groups is 3. The van der Waals surface area contributed by atoms with Crippen LogP contribution in [-0.4, -0.2) is 134 Å². The van der Waals surface area contributed by atoms with Gasteiger partial charge in [-0.1, -0.05) is 201 Å². The fraction of sp³-hybridized carbons (Fsp3) is 0.944. The Labute approximate surface area is 473 Å². The molecule has 0 aliphatic carbocycles. The van der Waals surface area contributed by atoms with Gasteiger partial charge >= 0.3 is 17.9 Å². The summed E-state index contributed by atoms with van der Waals surface area (Å²) < 4.78 is 103. The fourth-order valence-electron chi connectivity index (χ4n) is 9.45. The van der Waals surface area contributed by atoms with E-state index >= 15 is 0 Å². The van der Waals surface area contributed by atoms with E-state index in [0.29, 0.717) is 77.0 Å². The van der Waals surface area contributed by atoms with E-state index in [1.54, 1.807) is 0 Å². The molecule has 0 amide bonds. The van der Waals surface area contributed by atoms with Crippen molar-refractivity contribution in [3.63, 3.8) is 0 Å². The van der Waals surface area contributed by atoms with E-state index in [4.69, 9.17) is 20.5 Å². The zero-order valence-electron chi connectivity index (χ0n) is 48.0. The number of hydrogen-bond acceptors (Lipinski definition) is 19. The van der Waals surface area contributed by atoms with Gasteiger partial charge in [-0.3, -0.25) is 13.7 Å². The topological polar surface area (TPSA) is 376 Å². The Kier molecular flexibility index (Phi) is 49.3. The second-order valence-electron chi connectivity index (χ2n) is 21.2. The molecule has 1 heterocycles. The molecule has 1 rings (SSSR count). The second-order valence-corrected chi connectivity index (χ2v) is 26.1. The molecule has 0 aromatic heterocycles. The van der Waals surface area contributed by atoms with Gasteiger partial charge in [0, 0.05) is 19.3 Å². The molecular weight excluding hydrogens is 1100 g/mol. The van der Waals surface area contributed by atoms with Crippen LogP contribution in [0.5, 0.6) is 0 Å². The lowest BCUT2D eigenvalue weighted by molar-refractivity contribution is -0.234. The van der Waals surface area contributed by atoms with Gasteiger partial charge in [0.15, 0.2) is 0 Å². The van der Waals surface area contributed by atoms with Gasteiger partial charge in [-0.05, 0) is 57.8 Å². The highest BCUT2D eigenvalue weighted by molar-refractivity contribution is 7.87. The molecule has 0 aromatic rings. The van der Waals surface area contributed by atoms with Crippen LogP contribution in [-0.2, 0) is 64.1 Å². The number of hydrogen-bond donors (Lipinski definition) is 9. The molecule has 1 fully saturated rings. The summed E-state index contributed by atoms with van der Waals surface area (Å²) in [7, 11) is -12.8. The standard InChI is InChI=1S/C18H36O8S.C18H34O7S.C18H36O7S/c1-2-3-4-6-9-12-15(19)18(21)16(27(23,24)25)13-10-7-5-8-11-14-17(20)26-22;1-2-3-4-6-9-12-15-18(24-15)16(26(21,22)23)13-10-7-5-8-11-14-17(19)25-20;1-2-3-4-5-7-10-13-16(19)17(26(22,23)24)14-11-8-6-9-12-15-18(20)25-21/h15-16,18-19,21-22H,2-14H2,1H3,(H,23,24,25);15-16,18,20H,2-14H2,1H3,(H,21,22,23);16-17,19,21H,2-15H2,1H3,(H,22,23,24). The third-order valence-corrected chi connectivity index (χ3v) is 18.2. The maximum atomic E-state index is 11.6. The van der Waals surface area contributed by atoms with Gasteiger partial charge in [-0.2, -0.15) is 41.0 Å². The Balaban J connectivity index is 0. The zero-order chi connectivity index (χ0) is 60.0. The van der Waals surface area contributed by atoms with E-state index < -0.39 is 82.3 Å². The fourth-order valence-corrected chi connectivity index (χ4v) is 12.5. The van der Waals surface area contributed by atoms with E-state index in [1.165, 1.54) is 32.1 Å². The molecule has 472 valence electrons. The zero-order valence-corrected chi connectivity index (χ0v) is 50.4. The van der Waals surface area contributed by atoms with E-state index in [1.807, 2.05) is 0 Å². The summed E-state index contributed by atoms with van der Waals surface area (Å²) in [4.78, 5) is 43.0. The lowest BCUT2D eigenvalue weighted by atomic mass is 9.99. The molecule has 8 atom stereocenters. The summed E-state index contributed by atoms with van der Waals surface area (Å²) in [6, 6.07) is 0. The van der Waals surface area contributed by atoms with E-state index in [0.717, 1.165) is 116 Å². The number of carbonyl (C=O) groups excluding carboxylic acids is 3. The maximum absolute atomic E-state index is 11.6. The normalized spacial score (nSPS) is 16.7. The Morgan fingerprint density at radius 3 is 1.05 bits per heavy atom. The monoisotopic (exact) mass is 1200 g/mol. The SMILES string of the molecule is CCCCCCCC(O)C(O)C(CCCCCCCC(=O)OO)S(=O)(=O)O.CCCCCCCC1OC1C(CCCCCCCC(=O)OO)S(=O)(=O)O.CCCCCCCCC(O)C(CCCCCCCC(=O)OO)S(=O)(=O)O. The quantitative estimate of drug-likeness (QED) is 0.00682. The molecule has 9 N–H and O–H groups in total. The third-order valence-electron chi connectivity index (χ3n) is 14.3. The van der Waals surface area contributed by atoms with Crippen molar-refractivity contribution in [2.75, 3.05) is 0 Å². The lowest BCUT2D eigenvalue weighted by Gasteiger charge is -2.24. The summed E-state index contributed by atoms with van der Waals surface area (Å²) in [5.41, 5.74) is 0. The summed E-state index contributed by atoms with van der Waals surface area (Å²) >= 11 is 0. The van der Waals surface area contributed by atoms with Crippen molar-refractivity contribution < 1.29 is 104 Å². The Morgan fingerprint density at radius 2 is 0.696 bits per heavy atom. The van der Waals surface area contributed by atoms with Crippen LogP contribution in [0.3, 0.4) is 0 Å². The number of rotatable bonds is 50. The molecule has 0 saturated carbocycles. The van der Waals surface area contributed by atoms with Gasteiger partial charge in [-0.15, -0.1) is 0 Å². The largest absolute Gasteiger partial charge is 0.392 e. The van der Waals surface area contributed by atoms with Crippen molar-refractivity contribution in [2.45, 2.75) is 324 Å². The van der Waals surface area contributed by atoms with E-state index in [9.17, 15) is 68.6 Å². The first kappa shape index (κ1) is 78.9.